The van der Waals surface area contributed by atoms with Gasteiger partial charge in [0.05, 0.1) is 37.1 Å². The molecule has 1 unspecified atom stereocenters. The molecule has 0 aliphatic heterocycles. The van der Waals surface area contributed by atoms with Crippen LogP contribution >= 0.6 is 7.82 Å². The van der Waals surface area contributed by atoms with Gasteiger partial charge in [-0.3, -0.25) is 9.05 Å². The highest BCUT2D eigenvalue weighted by molar-refractivity contribution is 7.47. The van der Waals surface area contributed by atoms with Gasteiger partial charge < -0.3 is 35.1 Å². The lowest BCUT2D eigenvalue weighted by Gasteiger charge is -2.25. The van der Waals surface area contributed by atoms with E-state index in [0.29, 0.717) is 17.7 Å². The molecule has 3 aromatic rings. The second kappa shape index (κ2) is 26.2. The Kier molecular flexibility index (Phi) is 21.8. The smallest absolute Gasteiger partial charge is 0.472 e. The Morgan fingerprint density at radius 2 is 1.49 bits per heavy atom. The molecule has 2 heterocycles. The number of hydrogen-bond acceptors (Lipinski definition) is 13. The number of fused-ring (bicyclic) bond motifs is 1. The number of nitriles is 2. The first kappa shape index (κ1) is 47.5. The zero-order chi connectivity index (χ0) is 41.5. The van der Waals surface area contributed by atoms with E-state index in [2.05, 4.69) is 17.0 Å². The highest BCUT2D eigenvalue weighted by Crippen LogP contribution is 2.44. The maximum Gasteiger partial charge on any atom is 0.472 e. The zero-order valence-electron chi connectivity index (χ0n) is 33.3. The molecule has 3 rings (SSSR count). The predicted octanol–water partition coefficient (Wildman–Crippen LogP) is 7.75. The third-order valence-electron chi connectivity index (χ3n) is 9.69. The van der Waals surface area contributed by atoms with E-state index in [1.807, 2.05) is 6.07 Å². The van der Waals surface area contributed by atoms with Gasteiger partial charge in [0.1, 0.15) is 30.2 Å². The lowest BCUT2D eigenvalue weighted by Crippen LogP contribution is -2.37. The zero-order valence-corrected chi connectivity index (χ0v) is 34.2. The normalized spacial score (nSPS) is 14.7. The average molecular weight is 819 g/mol. The largest absolute Gasteiger partial charge is 0.482 e. The van der Waals surface area contributed by atoms with Crippen molar-refractivity contribution in [3.63, 3.8) is 0 Å². The number of halogens is 1. The summed E-state index contributed by atoms with van der Waals surface area (Å²) < 4.78 is 55.7. The monoisotopic (exact) mass is 818 g/mol. The van der Waals surface area contributed by atoms with Crippen molar-refractivity contribution in [2.24, 2.45) is 0 Å². The third-order valence-corrected chi connectivity index (χ3v) is 10.6. The van der Waals surface area contributed by atoms with Gasteiger partial charge in [-0.15, -0.1) is 0 Å². The summed E-state index contributed by atoms with van der Waals surface area (Å²) >= 11 is 0. The number of phosphoric acid groups is 1. The van der Waals surface area contributed by atoms with E-state index in [1.54, 1.807) is 6.92 Å². The van der Waals surface area contributed by atoms with Crippen molar-refractivity contribution >= 4 is 19.2 Å². The third kappa shape index (κ3) is 16.9. The maximum atomic E-state index is 14.9. The first-order valence-corrected chi connectivity index (χ1v) is 21.6. The van der Waals surface area contributed by atoms with Gasteiger partial charge in [-0.2, -0.15) is 15.6 Å². The Bertz CT molecular complexity index is 1750. The number of nitrogens with two attached hydrogens (primary N) is 1. The quantitative estimate of drug-likeness (QED) is 0.0277. The molecule has 1 aromatic carbocycles. The number of aliphatic hydroxyl groups excluding tert-OH is 2. The van der Waals surface area contributed by atoms with E-state index >= 15 is 0 Å². The molecule has 5 N–H and O–H groups in total. The van der Waals surface area contributed by atoms with Gasteiger partial charge in [-0.05, 0) is 43.2 Å². The van der Waals surface area contributed by atoms with Crippen molar-refractivity contribution in [2.45, 2.75) is 141 Å². The summed E-state index contributed by atoms with van der Waals surface area (Å²) in [5.41, 5.74) is 6.85. The fraction of sp³-hybridized carbons (Fsp3) is 0.650. The average Bonchev–Trinajstić information content (AvgIpc) is 3.64. The molecule has 2 aromatic heterocycles. The number of unbranched alkanes of at least 4 members (excludes halogenated alkanes) is 15. The molecule has 0 amide bonds. The molecule has 0 saturated carbocycles. The number of aryl methyl sites for hydroxylation is 1. The van der Waals surface area contributed by atoms with Crippen LogP contribution in [-0.2, 0) is 23.1 Å². The van der Waals surface area contributed by atoms with Crippen molar-refractivity contribution in [3.8, 4) is 18.1 Å². The number of rotatable bonds is 31. The Hall–Kier alpha value is -3.86. The van der Waals surface area contributed by atoms with Gasteiger partial charge in [0.2, 0.25) is 0 Å². The highest BCUT2D eigenvalue weighted by Gasteiger charge is 2.35. The first-order chi connectivity index (χ1) is 27.5. The van der Waals surface area contributed by atoms with Crippen LogP contribution in [0.15, 0.2) is 30.6 Å². The summed E-state index contributed by atoms with van der Waals surface area (Å²) in [6.45, 7) is 2.68. The molecule has 5 atom stereocenters. The Morgan fingerprint density at radius 3 is 2.09 bits per heavy atom. The molecule has 0 fully saturated rings. The molecular weight excluding hydrogens is 758 g/mol. The van der Waals surface area contributed by atoms with Crippen LogP contribution in [0.1, 0.15) is 133 Å². The molecule has 15 nitrogen and oxygen atoms in total. The Balaban J connectivity index is 1.45. The Labute approximate surface area is 335 Å². The summed E-state index contributed by atoms with van der Waals surface area (Å²) in [6.07, 6.45) is 16.1. The van der Waals surface area contributed by atoms with Gasteiger partial charge in [-0.1, -0.05) is 103 Å². The van der Waals surface area contributed by atoms with Crippen molar-refractivity contribution in [1.82, 2.24) is 14.6 Å². The summed E-state index contributed by atoms with van der Waals surface area (Å²) in [7, 11) is -4.91. The van der Waals surface area contributed by atoms with Gasteiger partial charge in [0, 0.05) is 6.61 Å². The molecule has 0 aliphatic rings. The van der Waals surface area contributed by atoms with E-state index in [9.17, 15) is 29.3 Å². The van der Waals surface area contributed by atoms with Gasteiger partial charge in [0.25, 0.3) is 6.26 Å². The lowest BCUT2D eigenvalue weighted by molar-refractivity contribution is -0.0802. The van der Waals surface area contributed by atoms with Crippen molar-refractivity contribution < 1.29 is 47.3 Å². The minimum atomic E-state index is -4.91. The number of ether oxygens (including phenoxy) is 3. The van der Waals surface area contributed by atoms with Gasteiger partial charge in [-0.25, -0.2) is 18.5 Å². The van der Waals surface area contributed by atoms with Crippen LogP contribution in [0.5, 0.6) is 5.75 Å². The minimum absolute atomic E-state index is 0.0754. The van der Waals surface area contributed by atoms with Crippen LogP contribution < -0.4 is 10.5 Å². The van der Waals surface area contributed by atoms with E-state index < -0.39 is 51.3 Å². The molecule has 0 spiro atoms. The summed E-state index contributed by atoms with van der Waals surface area (Å²) in [5, 5.41) is 44.2. The fourth-order valence-electron chi connectivity index (χ4n) is 6.36. The molecular formula is C40H60FN6O9P. The molecule has 0 bridgehead atoms. The number of phosphoric ester groups is 1. The van der Waals surface area contributed by atoms with E-state index in [-0.39, 0.29) is 29.4 Å². The van der Waals surface area contributed by atoms with E-state index in [0.717, 1.165) is 38.1 Å². The van der Waals surface area contributed by atoms with Gasteiger partial charge >= 0.3 is 7.82 Å². The second-order valence-electron chi connectivity index (χ2n) is 14.3. The number of nitrogens with zero attached hydrogens (tertiary/aromatic N) is 5. The first-order valence-electron chi connectivity index (χ1n) is 20.1. The molecule has 0 aliphatic carbocycles. The topological polar surface area (TPSA) is 228 Å². The van der Waals surface area contributed by atoms with E-state index in [4.69, 9.17) is 34.3 Å². The fourth-order valence-corrected chi connectivity index (χ4v) is 7.12. The van der Waals surface area contributed by atoms with Crippen molar-refractivity contribution in [1.29, 1.82) is 10.5 Å². The van der Waals surface area contributed by atoms with Gasteiger partial charge in [0.15, 0.2) is 23.5 Å². The number of aromatic nitrogens is 3. The lowest BCUT2D eigenvalue weighted by atomic mass is 10.0. The summed E-state index contributed by atoms with van der Waals surface area (Å²) in [6, 6.07) is 7.23. The number of anilines is 1. The standard InChI is InChI=1S/C40H60FN6O9P/c1-3-4-5-6-7-8-9-10-11-12-13-14-15-16-17-18-21-52-25-32(56-36-22-30(2)31(24-42)23-33(36)41)26-54-57(50,51)55-27-37(53-28-43)39(49)38(48)34-19-20-35-40(44)45-29-46-47(34)35/h19-20,22-23,29,32,37-39,48-49H,3-18,21,25-27H2,1-2H3,(H,50,51)(H2,44,45,46)/t32-,37-,38+,39-/m1/s1. The molecule has 316 valence electrons. The van der Waals surface area contributed by atoms with Crippen LogP contribution in [0.4, 0.5) is 10.2 Å². The minimum Gasteiger partial charge on any atom is -0.482 e. The number of hydrogen-bond donors (Lipinski definition) is 4. The van der Waals surface area contributed by atoms with Crippen LogP contribution in [0.25, 0.3) is 5.52 Å². The van der Waals surface area contributed by atoms with Crippen molar-refractivity contribution in [2.75, 3.05) is 32.2 Å². The molecule has 17 heteroatoms. The Morgan fingerprint density at radius 1 is 0.895 bits per heavy atom. The molecule has 0 radical (unpaired) electrons. The van der Waals surface area contributed by atoms with Crippen LogP contribution in [0, 0.1) is 35.6 Å². The number of nitrogen functional groups attached to an aromatic ring is 1. The highest BCUT2D eigenvalue weighted by atomic mass is 31.2. The van der Waals surface area contributed by atoms with Crippen molar-refractivity contribution in [3.05, 3.63) is 53.2 Å². The number of benzene rings is 1. The molecule has 57 heavy (non-hydrogen) atoms. The maximum absolute atomic E-state index is 14.9. The number of aliphatic hydroxyl groups is 2. The summed E-state index contributed by atoms with van der Waals surface area (Å²) in [4.78, 5) is 14.4. The van der Waals surface area contributed by atoms with Crippen LogP contribution in [0.3, 0.4) is 0 Å². The van der Waals surface area contributed by atoms with E-state index in [1.165, 1.54) is 106 Å². The van der Waals surface area contributed by atoms with Crippen LogP contribution in [0.2, 0.25) is 0 Å². The molecule has 0 saturated heterocycles. The SMILES string of the molecule is CCCCCCCCCCCCCCCCCCOC[C@H](COP(=O)(O)OC[C@@H](OC#N)[C@@H](O)[C@@H](O)c1ccc2c(N)ncnn12)Oc1cc(C)c(C#N)cc1F. The predicted molar refractivity (Wildman–Crippen MR) is 211 cm³/mol. The summed E-state index contributed by atoms with van der Waals surface area (Å²) in [5.74, 6) is -0.893. The van der Waals surface area contributed by atoms with Crippen LogP contribution in [-0.4, -0.2) is 74.4 Å². The second-order valence-corrected chi connectivity index (χ2v) is 15.7.